The van der Waals surface area contributed by atoms with Crippen molar-refractivity contribution in [3.63, 3.8) is 0 Å². The molecule has 1 aromatic rings. The highest BCUT2D eigenvalue weighted by Gasteiger charge is 2.11. The molecule has 1 rings (SSSR count). The van der Waals surface area contributed by atoms with Crippen LogP contribution in [0.1, 0.15) is 18.6 Å². The van der Waals surface area contributed by atoms with Crippen LogP contribution in [0.2, 0.25) is 0 Å². The summed E-state index contributed by atoms with van der Waals surface area (Å²) >= 11 is 0. The number of nitrogens with two attached hydrogens (primary N) is 1. The van der Waals surface area contributed by atoms with Crippen LogP contribution < -0.4 is 11.2 Å². The van der Waals surface area contributed by atoms with Crippen molar-refractivity contribution in [2.45, 2.75) is 13.0 Å². The largest absolute Gasteiger partial charge is 0.508 e. The van der Waals surface area contributed by atoms with Gasteiger partial charge in [-0.2, -0.15) is 0 Å². The topological polar surface area (TPSA) is 84.6 Å². The first-order valence-corrected chi connectivity index (χ1v) is 4.52. The van der Waals surface area contributed by atoms with Gasteiger partial charge in [0.25, 0.3) is 0 Å². The first-order valence-electron chi connectivity index (χ1n) is 4.52. The Balaban J connectivity index is 2.65. The van der Waals surface area contributed by atoms with Crippen LogP contribution in [-0.4, -0.2) is 17.6 Å². The van der Waals surface area contributed by atoms with Gasteiger partial charge < -0.3 is 10.4 Å². The predicted octanol–water partition coefficient (Wildman–Crippen LogP) is 0.460. The Kier molecular flexibility index (Phi) is 4.08. The number of nitrogens with one attached hydrogen (secondary N) is 1. The molecule has 0 aromatic heterocycles. The van der Waals surface area contributed by atoms with Crippen LogP contribution in [0.15, 0.2) is 24.3 Å². The van der Waals surface area contributed by atoms with Crippen molar-refractivity contribution in [3.8, 4) is 5.75 Å². The van der Waals surface area contributed by atoms with Crippen molar-refractivity contribution in [1.29, 1.82) is 0 Å². The third-order valence-electron chi connectivity index (χ3n) is 1.97. The van der Waals surface area contributed by atoms with Crippen molar-refractivity contribution in [1.82, 2.24) is 5.32 Å². The number of carbonyl (C=O) groups excluding carboxylic acids is 1. The van der Waals surface area contributed by atoms with Crippen molar-refractivity contribution in [2.24, 2.45) is 5.90 Å². The van der Waals surface area contributed by atoms with Crippen LogP contribution in [0, 0.1) is 0 Å². The fraction of sp³-hybridized carbons (Fsp3) is 0.300. The number of phenolic OH excluding ortho intramolecular Hbond substituents is 1. The highest BCUT2D eigenvalue weighted by molar-refractivity contribution is 5.72. The number of amides is 1. The van der Waals surface area contributed by atoms with Gasteiger partial charge in [0.05, 0.1) is 0 Å². The number of benzene rings is 1. The molecule has 0 spiro atoms. The lowest BCUT2D eigenvalue weighted by Crippen LogP contribution is -2.28. The van der Waals surface area contributed by atoms with Gasteiger partial charge in [-0.1, -0.05) is 12.1 Å². The molecule has 1 unspecified atom stereocenters. The summed E-state index contributed by atoms with van der Waals surface area (Å²) in [5, 5.41) is 11.7. The average Bonchev–Trinajstić information content (AvgIpc) is 2.21. The predicted molar refractivity (Wildman–Crippen MR) is 54.8 cm³/mol. The zero-order valence-electron chi connectivity index (χ0n) is 8.43. The molecule has 0 fully saturated rings. The van der Waals surface area contributed by atoms with E-state index in [-0.39, 0.29) is 11.7 Å². The molecular formula is C10H14N2O3. The van der Waals surface area contributed by atoms with Gasteiger partial charge in [0.15, 0.2) is 0 Å². The highest BCUT2D eigenvalue weighted by Crippen LogP contribution is 2.17. The zero-order valence-corrected chi connectivity index (χ0v) is 8.43. The van der Waals surface area contributed by atoms with Gasteiger partial charge in [-0.15, -0.1) is 0 Å². The molecule has 5 nitrogen and oxygen atoms in total. The van der Waals surface area contributed by atoms with Gasteiger partial charge in [0.2, 0.25) is 5.91 Å². The Morgan fingerprint density at radius 1 is 1.53 bits per heavy atom. The minimum absolute atomic E-state index is 0.143. The Morgan fingerprint density at radius 3 is 2.60 bits per heavy atom. The second-order valence-corrected chi connectivity index (χ2v) is 3.15. The number of hydrogen-bond acceptors (Lipinski definition) is 4. The maximum atomic E-state index is 10.7. The Morgan fingerprint density at radius 2 is 2.13 bits per heavy atom. The molecule has 0 heterocycles. The smallest absolute Gasteiger partial charge is 0.216 e. The molecule has 5 heteroatoms. The van der Waals surface area contributed by atoms with E-state index in [1.54, 1.807) is 12.1 Å². The van der Waals surface area contributed by atoms with Crippen LogP contribution >= 0.6 is 0 Å². The van der Waals surface area contributed by atoms with Gasteiger partial charge in [0, 0.05) is 13.5 Å². The van der Waals surface area contributed by atoms with Crippen LogP contribution in [-0.2, 0) is 9.63 Å². The summed E-state index contributed by atoms with van der Waals surface area (Å²) in [7, 11) is 0. The summed E-state index contributed by atoms with van der Waals surface area (Å²) in [6, 6.07) is 6.45. The summed E-state index contributed by atoms with van der Waals surface area (Å²) in [5.74, 6) is 5.15. The van der Waals surface area contributed by atoms with Crippen molar-refractivity contribution < 1.29 is 14.7 Å². The first kappa shape index (κ1) is 11.5. The van der Waals surface area contributed by atoms with Crippen LogP contribution in [0.5, 0.6) is 5.75 Å². The molecule has 0 bridgehead atoms. The van der Waals surface area contributed by atoms with E-state index in [1.807, 2.05) is 0 Å². The van der Waals surface area contributed by atoms with E-state index in [0.29, 0.717) is 6.54 Å². The Bertz CT molecular complexity index is 324. The molecule has 0 aliphatic heterocycles. The first-order chi connectivity index (χ1) is 7.13. The number of phenols is 1. The number of hydrogen-bond donors (Lipinski definition) is 3. The summed E-state index contributed by atoms with van der Waals surface area (Å²) < 4.78 is 0. The number of rotatable bonds is 4. The van der Waals surface area contributed by atoms with Gasteiger partial charge in [0.1, 0.15) is 11.9 Å². The van der Waals surface area contributed by atoms with E-state index in [9.17, 15) is 4.79 Å². The van der Waals surface area contributed by atoms with E-state index in [4.69, 9.17) is 15.8 Å². The summed E-state index contributed by atoms with van der Waals surface area (Å²) in [5.41, 5.74) is 0.795. The van der Waals surface area contributed by atoms with E-state index in [1.165, 1.54) is 19.1 Å². The van der Waals surface area contributed by atoms with E-state index in [0.717, 1.165) is 5.56 Å². The molecule has 1 atom stereocenters. The quantitative estimate of drug-likeness (QED) is 0.630. The minimum atomic E-state index is -0.408. The van der Waals surface area contributed by atoms with Crippen molar-refractivity contribution >= 4 is 5.91 Å². The SMILES string of the molecule is CC(=O)NCC(ON)c1ccc(O)cc1. The highest BCUT2D eigenvalue weighted by atomic mass is 16.6. The Hall–Kier alpha value is -1.59. The maximum Gasteiger partial charge on any atom is 0.216 e. The van der Waals surface area contributed by atoms with Crippen molar-refractivity contribution in [2.75, 3.05) is 6.54 Å². The number of carbonyl (C=O) groups is 1. The van der Waals surface area contributed by atoms with E-state index in [2.05, 4.69) is 5.32 Å². The molecule has 0 saturated heterocycles. The monoisotopic (exact) mass is 210 g/mol. The molecule has 0 aliphatic carbocycles. The fourth-order valence-corrected chi connectivity index (χ4v) is 1.17. The molecule has 1 aromatic carbocycles. The molecule has 82 valence electrons. The third kappa shape index (κ3) is 3.57. The number of aromatic hydroxyl groups is 1. The molecule has 15 heavy (non-hydrogen) atoms. The fourth-order valence-electron chi connectivity index (χ4n) is 1.17. The lowest BCUT2D eigenvalue weighted by Gasteiger charge is -2.14. The Labute approximate surface area is 87.8 Å². The average molecular weight is 210 g/mol. The summed E-state index contributed by atoms with van der Waals surface area (Å²) in [6.45, 7) is 1.72. The maximum absolute atomic E-state index is 10.7. The van der Waals surface area contributed by atoms with Crippen LogP contribution in [0.3, 0.4) is 0 Å². The molecule has 0 aliphatic rings. The molecule has 0 radical (unpaired) electrons. The molecule has 1 amide bonds. The second-order valence-electron chi connectivity index (χ2n) is 3.15. The third-order valence-corrected chi connectivity index (χ3v) is 1.97. The summed E-state index contributed by atoms with van der Waals surface area (Å²) in [6.07, 6.45) is -0.408. The van der Waals surface area contributed by atoms with E-state index < -0.39 is 6.10 Å². The second kappa shape index (κ2) is 5.33. The zero-order chi connectivity index (χ0) is 11.3. The van der Waals surface area contributed by atoms with Crippen LogP contribution in [0.4, 0.5) is 0 Å². The lowest BCUT2D eigenvalue weighted by molar-refractivity contribution is -0.119. The minimum Gasteiger partial charge on any atom is -0.508 e. The van der Waals surface area contributed by atoms with Gasteiger partial charge in [-0.05, 0) is 17.7 Å². The standard InChI is InChI=1S/C10H14N2O3/c1-7(13)12-6-10(15-11)8-2-4-9(14)5-3-8/h2-5,10,14H,6,11H2,1H3,(H,12,13). The lowest BCUT2D eigenvalue weighted by atomic mass is 10.1. The van der Waals surface area contributed by atoms with Gasteiger partial charge in [-0.3, -0.25) is 9.63 Å². The molecule has 4 N–H and O–H groups in total. The molecular weight excluding hydrogens is 196 g/mol. The van der Waals surface area contributed by atoms with Crippen molar-refractivity contribution in [3.05, 3.63) is 29.8 Å². The molecule has 0 saturated carbocycles. The van der Waals surface area contributed by atoms with Gasteiger partial charge in [-0.25, -0.2) is 5.90 Å². The normalized spacial score (nSPS) is 12.1. The van der Waals surface area contributed by atoms with Crippen LogP contribution in [0.25, 0.3) is 0 Å². The summed E-state index contributed by atoms with van der Waals surface area (Å²) in [4.78, 5) is 15.4. The van der Waals surface area contributed by atoms with E-state index >= 15 is 0 Å². The van der Waals surface area contributed by atoms with Gasteiger partial charge >= 0.3 is 0 Å².